The van der Waals surface area contributed by atoms with Gasteiger partial charge in [0.25, 0.3) is 0 Å². The molecule has 18 heavy (non-hydrogen) atoms. The number of nitrogens with zero attached hydrogens (tertiary/aromatic N) is 1. The number of ether oxygens (including phenoxy) is 1. The van der Waals surface area contributed by atoms with E-state index in [1.807, 2.05) is 0 Å². The Morgan fingerprint density at radius 1 is 1.50 bits per heavy atom. The van der Waals surface area contributed by atoms with Gasteiger partial charge < -0.3 is 9.15 Å². The van der Waals surface area contributed by atoms with Gasteiger partial charge in [-0.3, -0.25) is 9.36 Å². The first-order valence-electron chi connectivity index (χ1n) is 5.59. The number of carbonyl (C=O) groups is 1. The van der Waals surface area contributed by atoms with Gasteiger partial charge in [-0.1, -0.05) is 12.1 Å². The third-order valence-electron chi connectivity index (χ3n) is 2.19. The van der Waals surface area contributed by atoms with Gasteiger partial charge in [0.2, 0.25) is 0 Å². The van der Waals surface area contributed by atoms with Crippen LogP contribution in [0.2, 0.25) is 0 Å². The highest BCUT2D eigenvalue weighted by Gasteiger charge is 2.19. The average molecular weight is 248 g/mol. The number of oxazole rings is 1. The first-order chi connectivity index (χ1) is 8.37. The van der Waals surface area contributed by atoms with Crippen LogP contribution in [0.3, 0.4) is 0 Å². The predicted octanol–water partition coefficient (Wildman–Crippen LogP) is 1.74. The molecular weight excluding hydrogens is 234 g/mol. The smallest absolute Gasteiger partial charge is 0.420 e. The van der Waals surface area contributed by atoms with Crippen LogP contribution in [0.25, 0.3) is 11.1 Å². The Balaban J connectivity index is 2.30. The van der Waals surface area contributed by atoms with Crippen LogP contribution >= 0.6 is 0 Å². The van der Waals surface area contributed by atoms with Crippen LogP contribution in [0.15, 0.2) is 27.4 Å². The number of fused-ring (bicyclic) bond motifs is 1. The molecule has 0 atom stereocenters. The fourth-order valence-corrected chi connectivity index (χ4v) is 1.59. The molecule has 0 unspecified atom stereocenters. The molecule has 0 bridgehead atoms. The van der Waals surface area contributed by atoms with Gasteiger partial charge in [0.15, 0.2) is 5.58 Å². The summed E-state index contributed by atoms with van der Waals surface area (Å²) in [6, 6.07) is 7.89. The average Bonchev–Trinajstić information content (AvgIpc) is 2.53. The second-order valence-corrected chi connectivity index (χ2v) is 4.92. The molecule has 0 fully saturated rings. The monoisotopic (exact) mass is 248 g/mol. The summed E-state index contributed by atoms with van der Waals surface area (Å²) < 4.78 is 11.4. The van der Waals surface area contributed by atoms with Gasteiger partial charge in [0.05, 0.1) is 5.52 Å². The minimum Gasteiger partial charge on any atom is -0.459 e. The Morgan fingerprint density at radius 2 is 2.22 bits per heavy atom. The highest BCUT2D eigenvalue weighted by Crippen LogP contribution is 2.12. The van der Waals surface area contributed by atoms with E-state index in [4.69, 9.17) is 9.15 Å². The van der Waals surface area contributed by atoms with E-state index >= 15 is 0 Å². The normalized spacial score (nSPS) is 11.7. The summed E-state index contributed by atoms with van der Waals surface area (Å²) >= 11 is 0. The van der Waals surface area contributed by atoms with E-state index in [1.165, 1.54) is 4.57 Å². The molecule has 0 aliphatic rings. The van der Waals surface area contributed by atoms with Crippen molar-refractivity contribution < 1.29 is 13.9 Å². The number of hydrogen-bond acceptors (Lipinski definition) is 4. The summed E-state index contributed by atoms with van der Waals surface area (Å²) in [5.74, 6) is -1.07. The summed E-state index contributed by atoms with van der Waals surface area (Å²) in [5.41, 5.74) is 0.295. The highest BCUT2D eigenvalue weighted by molar-refractivity contribution is 5.76. The highest BCUT2D eigenvalue weighted by atomic mass is 16.6. The summed E-state index contributed by atoms with van der Waals surface area (Å²) in [6.07, 6.45) is 0. The number of carbonyl (C=O) groups excluding carboxylic acids is 1. The van der Waals surface area contributed by atoms with Crippen molar-refractivity contribution in [2.45, 2.75) is 32.9 Å². The largest absolute Gasteiger partial charge is 0.459 e. The lowest BCUT2D eigenvalue weighted by atomic mass is 10.2. The van der Waals surface area contributed by atoms with Gasteiger partial charge in [-0.2, -0.15) is 0 Å². The maximum Gasteiger partial charge on any atom is 0.420 e. The molecule has 1 aromatic heterocycles. The van der Waals surface area contributed by atoms with E-state index in [2.05, 4.69) is 6.07 Å². The number of benzene rings is 1. The predicted molar refractivity (Wildman–Crippen MR) is 65.2 cm³/mol. The number of hydrogen-bond donors (Lipinski definition) is 0. The van der Waals surface area contributed by atoms with E-state index in [0.717, 1.165) is 0 Å². The van der Waals surface area contributed by atoms with Gasteiger partial charge in [-0.25, -0.2) is 4.79 Å². The molecule has 0 N–H and O–H groups in total. The quantitative estimate of drug-likeness (QED) is 0.759. The molecule has 1 aromatic carbocycles. The van der Waals surface area contributed by atoms with Crippen molar-refractivity contribution in [3.8, 4) is 0 Å². The molecule has 0 amide bonds. The zero-order valence-electron chi connectivity index (χ0n) is 10.5. The summed E-state index contributed by atoms with van der Waals surface area (Å²) in [7, 11) is 0. The number of esters is 1. The number of rotatable bonds is 2. The van der Waals surface area contributed by atoms with Gasteiger partial charge in [0, 0.05) is 6.07 Å². The molecule has 0 saturated carbocycles. The van der Waals surface area contributed by atoms with Crippen molar-refractivity contribution in [2.24, 2.45) is 0 Å². The van der Waals surface area contributed by atoms with E-state index in [-0.39, 0.29) is 6.54 Å². The van der Waals surface area contributed by atoms with E-state index < -0.39 is 17.3 Å². The second-order valence-electron chi connectivity index (χ2n) is 4.92. The SMILES string of the molecule is CC(C)(C)OC(=O)Cn1c(=O)oc2ccc[c]c21. The lowest BCUT2D eigenvalue weighted by molar-refractivity contribution is -0.155. The third kappa shape index (κ3) is 2.61. The lowest BCUT2D eigenvalue weighted by Gasteiger charge is -2.19. The summed E-state index contributed by atoms with van der Waals surface area (Å²) in [4.78, 5) is 23.3. The van der Waals surface area contributed by atoms with E-state index in [9.17, 15) is 9.59 Å². The van der Waals surface area contributed by atoms with Gasteiger partial charge in [-0.05, 0) is 26.8 Å². The second kappa shape index (κ2) is 4.33. The molecule has 5 nitrogen and oxygen atoms in total. The molecular formula is C13H14NO4. The van der Waals surface area contributed by atoms with Crippen molar-refractivity contribution in [3.63, 3.8) is 0 Å². The maximum absolute atomic E-state index is 11.7. The van der Waals surface area contributed by atoms with Crippen LogP contribution in [0.5, 0.6) is 0 Å². The Morgan fingerprint density at radius 3 is 2.89 bits per heavy atom. The fourth-order valence-electron chi connectivity index (χ4n) is 1.59. The van der Waals surface area contributed by atoms with E-state index in [1.54, 1.807) is 39.0 Å². The van der Waals surface area contributed by atoms with Crippen LogP contribution in [0.1, 0.15) is 20.8 Å². The van der Waals surface area contributed by atoms with Crippen LogP contribution < -0.4 is 5.76 Å². The van der Waals surface area contributed by atoms with Crippen molar-refractivity contribution in [2.75, 3.05) is 0 Å². The standard InChI is InChI=1S/C13H14NO4/c1-13(2,3)18-11(15)8-14-9-6-4-5-7-10(9)17-12(14)16/h4-5,7H,8H2,1-3H3. The Labute approximate surface area is 104 Å². The third-order valence-corrected chi connectivity index (χ3v) is 2.19. The molecule has 1 radical (unpaired) electrons. The Hall–Kier alpha value is -2.04. The van der Waals surface area contributed by atoms with Gasteiger partial charge in [-0.15, -0.1) is 0 Å². The molecule has 0 saturated heterocycles. The Bertz CT molecular complexity index is 630. The lowest BCUT2D eigenvalue weighted by Crippen LogP contribution is -2.29. The molecule has 0 aliphatic heterocycles. The maximum atomic E-state index is 11.7. The summed E-state index contributed by atoms with van der Waals surface area (Å²) in [5, 5.41) is 0. The van der Waals surface area contributed by atoms with Crippen molar-refractivity contribution >= 4 is 17.1 Å². The van der Waals surface area contributed by atoms with Crippen LogP contribution in [-0.2, 0) is 16.1 Å². The number of para-hydroxylation sites is 1. The zero-order valence-corrected chi connectivity index (χ0v) is 10.5. The molecule has 0 aliphatic carbocycles. The van der Waals surface area contributed by atoms with Crippen molar-refractivity contribution in [1.29, 1.82) is 0 Å². The fraction of sp³-hybridized carbons (Fsp3) is 0.385. The van der Waals surface area contributed by atoms with Crippen LogP contribution in [-0.4, -0.2) is 16.1 Å². The molecule has 2 rings (SSSR count). The van der Waals surface area contributed by atoms with E-state index in [0.29, 0.717) is 11.1 Å². The first-order valence-corrected chi connectivity index (χ1v) is 5.59. The summed E-state index contributed by atoms with van der Waals surface area (Å²) in [6.45, 7) is 5.14. The van der Waals surface area contributed by atoms with Crippen LogP contribution in [0.4, 0.5) is 0 Å². The molecule has 2 aromatic rings. The minimum atomic E-state index is -0.585. The topological polar surface area (TPSA) is 61.4 Å². The Kier molecular flexibility index (Phi) is 2.98. The van der Waals surface area contributed by atoms with Crippen molar-refractivity contribution in [3.05, 3.63) is 34.8 Å². The molecule has 5 heteroatoms. The number of aromatic nitrogens is 1. The van der Waals surface area contributed by atoms with Crippen molar-refractivity contribution in [1.82, 2.24) is 4.57 Å². The molecule has 1 heterocycles. The van der Waals surface area contributed by atoms with Gasteiger partial charge in [0.1, 0.15) is 12.1 Å². The molecule has 95 valence electrons. The first kappa shape index (κ1) is 12.4. The van der Waals surface area contributed by atoms with Gasteiger partial charge >= 0.3 is 11.7 Å². The minimum absolute atomic E-state index is 0.177. The zero-order chi connectivity index (χ0) is 13.3. The van der Waals surface area contributed by atoms with Crippen LogP contribution in [0, 0.1) is 6.07 Å². The molecule has 0 spiro atoms.